The van der Waals surface area contributed by atoms with Gasteiger partial charge in [0.15, 0.2) is 0 Å². The third-order valence-corrected chi connectivity index (χ3v) is 6.36. The van der Waals surface area contributed by atoms with Gasteiger partial charge < -0.3 is 24.3 Å². The molecule has 1 aromatic heterocycles. The van der Waals surface area contributed by atoms with E-state index in [2.05, 4.69) is 47.9 Å². The summed E-state index contributed by atoms with van der Waals surface area (Å²) in [6.07, 6.45) is 8.31. The minimum Gasteiger partial charge on any atom is -0.467 e. The molecule has 2 N–H and O–H groups in total. The number of aldehydes is 1. The van der Waals surface area contributed by atoms with E-state index in [9.17, 15) is 9.59 Å². The number of rotatable bonds is 13. The predicted octanol–water partition coefficient (Wildman–Crippen LogP) is 5.30. The van der Waals surface area contributed by atoms with Gasteiger partial charge in [-0.15, -0.1) is 0 Å². The average molecular weight is 486 g/mol. The Hall–Kier alpha value is -2.64. The third-order valence-electron chi connectivity index (χ3n) is 6.36. The van der Waals surface area contributed by atoms with Gasteiger partial charge in [0.05, 0.1) is 20.3 Å². The Morgan fingerprint density at radius 2 is 2.00 bits per heavy atom. The summed E-state index contributed by atoms with van der Waals surface area (Å²) in [4.78, 5) is 33.3. The SMILES string of the molecule is C=C(CCCCCCC=O)N1Cc2[nH]c3ccccc3c2CC1C(=O)OC.CNOCCC(C)C. The molecule has 7 nitrogen and oxygen atoms in total. The second-order valence-electron chi connectivity index (χ2n) is 9.42. The second-order valence-corrected chi connectivity index (χ2v) is 9.42. The minimum absolute atomic E-state index is 0.210. The summed E-state index contributed by atoms with van der Waals surface area (Å²) in [5.41, 5.74) is 7.07. The molecular formula is C28H43N3O4. The smallest absolute Gasteiger partial charge is 0.328 e. The highest BCUT2D eigenvalue weighted by Gasteiger charge is 2.34. The predicted molar refractivity (Wildman–Crippen MR) is 141 cm³/mol. The Kier molecular flexibility index (Phi) is 12.6. The zero-order chi connectivity index (χ0) is 25.6. The standard InChI is InChI=1S/C22H28N2O3.C6H15NO/c1-16(10-6-4-3-5-9-13-25)24-15-20-18(14-21(24)22(26)27-2)17-11-7-8-12-19(17)23-20;1-6(2)4-5-8-7-3/h7-8,11-13,21,23H,1,3-6,9-10,14-15H2,2H3;6-7H,4-5H2,1-3H3. The van der Waals surface area contributed by atoms with Gasteiger partial charge in [-0.05, 0) is 43.2 Å². The summed E-state index contributed by atoms with van der Waals surface area (Å²) in [6.45, 7) is 10.1. The Morgan fingerprint density at radius 1 is 1.26 bits per heavy atom. The van der Waals surface area contributed by atoms with Gasteiger partial charge in [-0.2, -0.15) is 0 Å². The number of aromatic nitrogens is 1. The maximum Gasteiger partial charge on any atom is 0.328 e. The zero-order valence-corrected chi connectivity index (χ0v) is 21.9. The molecule has 0 saturated heterocycles. The average Bonchev–Trinajstić information content (AvgIpc) is 3.22. The Bertz CT molecular complexity index is 937. The van der Waals surface area contributed by atoms with Gasteiger partial charge in [0.1, 0.15) is 12.3 Å². The van der Waals surface area contributed by atoms with Gasteiger partial charge >= 0.3 is 5.97 Å². The van der Waals surface area contributed by atoms with Crippen molar-refractivity contribution < 1.29 is 19.2 Å². The number of aromatic amines is 1. The van der Waals surface area contributed by atoms with Crippen molar-refractivity contribution >= 4 is 23.2 Å². The fourth-order valence-corrected chi connectivity index (χ4v) is 4.34. The van der Waals surface area contributed by atoms with Crippen LogP contribution in [0.4, 0.5) is 0 Å². The first kappa shape index (κ1) is 28.6. The molecule has 7 heteroatoms. The van der Waals surface area contributed by atoms with Crippen LogP contribution >= 0.6 is 0 Å². The van der Waals surface area contributed by atoms with Gasteiger partial charge in [0.2, 0.25) is 0 Å². The molecule has 0 spiro atoms. The Labute approximate surface area is 210 Å². The lowest BCUT2D eigenvalue weighted by molar-refractivity contribution is -0.146. The number of carbonyl (C=O) groups is 2. The fourth-order valence-electron chi connectivity index (χ4n) is 4.34. The molecule has 1 aliphatic rings. The number of hydroxylamine groups is 1. The summed E-state index contributed by atoms with van der Waals surface area (Å²) in [5, 5.41) is 1.18. The zero-order valence-electron chi connectivity index (χ0n) is 21.9. The molecule has 2 heterocycles. The van der Waals surface area contributed by atoms with E-state index in [0.717, 1.165) is 74.2 Å². The van der Waals surface area contributed by atoms with E-state index in [-0.39, 0.29) is 12.0 Å². The van der Waals surface area contributed by atoms with E-state index in [4.69, 9.17) is 9.57 Å². The number of para-hydroxylation sites is 1. The highest BCUT2D eigenvalue weighted by Crippen LogP contribution is 2.33. The number of allylic oxidation sites excluding steroid dienone is 1. The molecule has 0 amide bonds. The highest BCUT2D eigenvalue weighted by atomic mass is 16.6. The van der Waals surface area contributed by atoms with E-state index in [0.29, 0.717) is 19.4 Å². The van der Waals surface area contributed by atoms with Crippen molar-refractivity contribution in [2.45, 2.75) is 77.8 Å². The topological polar surface area (TPSA) is 83.7 Å². The van der Waals surface area contributed by atoms with Crippen LogP contribution in [0, 0.1) is 5.92 Å². The molecule has 1 aliphatic heterocycles. The number of fused-ring (bicyclic) bond motifs is 3. The van der Waals surface area contributed by atoms with Crippen molar-refractivity contribution in [1.82, 2.24) is 15.4 Å². The molecule has 0 radical (unpaired) electrons. The van der Waals surface area contributed by atoms with Gasteiger partial charge in [0, 0.05) is 42.2 Å². The number of nitrogens with zero attached hydrogens (tertiary/aromatic N) is 1. The largest absolute Gasteiger partial charge is 0.467 e. The maximum atomic E-state index is 12.4. The molecule has 0 aliphatic carbocycles. The number of ether oxygens (including phenoxy) is 1. The quantitative estimate of drug-likeness (QED) is 0.173. The Balaban J connectivity index is 0.000000466. The van der Waals surface area contributed by atoms with Crippen LogP contribution < -0.4 is 5.48 Å². The normalized spacial score (nSPS) is 14.9. The van der Waals surface area contributed by atoms with Crippen molar-refractivity contribution in [1.29, 1.82) is 0 Å². The Morgan fingerprint density at radius 3 is 2.69 bits per heavy atom. The second kappa shape index (κ2) is 15.4. The molecule has 0 fully saturated rings. The molecule has 1 unspecified atom stereocenters. The summed E-state index contributed by atoms with van der Waals surface area (Å²) >= 11 is 0. The molecule has 35 heavy (non-hydrogen) atoms. The number of benzene rings is 1. The molecule has 1 aromatic carbocycles. The van der Waals surface area contributed by atoms with E-state index in [1.54, 1.807) is 7.05 Å². The summed E-state index contributed by atoms with van der Waals surface area (Å²) in [6, 6.07) is 7.88. The fraction of sp³-hybridized carbons (Fsp3) is 0.571. The number of unbranched alkanes of at least 4 members (excludes halogenated alkanes) is 4. The molecule has 1 atom stereocenters. The maximum absolute atomic E-state index is 12.4. The van der Waals surface area contributed by atoms with Crippen LogP contribution in [0.5, 0.6) is 0 Å². The van der Waals surface area contributed by atoms with Crippen LogP contribution in [0.2, 0.25) is 0 Å². The van der Waals surface area contributed by atoms with Crippen molar-refractivity contribution in [3.63, 3.8) is 0 Å². The van der Waals surface area contributed by atoms with Gasteiger partial charge in [-0.1, -0.05) is 51.5 Å². The van der Waals surface area contributed by atoms with E-state index < -0.39 is 0 Å². The minimum atomic E-state index is -0.329. The van der Waals surface area contributed by atoms with Crippen molar-refractivity contribution in [2.75, 3.05) is 20.8 Å². The monoisotopic (exact) mass is 485 g/mol. The number of nitrogens with one attached hydrogen (secondary N) is 2. The van der Waals surface area contributed by atoms with Crippen molar-refractivity contribution in [2.24, 2.45) is 5.92 Å². The van der Waals surface area contributed by atoms with Crippen LogP contribution in [0.15, 0.2) is 36.5 Å². The summed E-state index contributed by atoms with van der Waals surface area (Å²) in [7, 11) is 3.22. The third kappa shape index (κ3) is 8.82. The van der Waals surface area contributed by atoms with Crippen LogP contribution in [-0.4, -0.2) is 48.9 Å². The van der Waals surface area contributed by atoms with Crippen LogP contribution in [0.1, 0.15) is 70.1 Å². The lowest BCUT2D eigenvalue weighted by Gasteiger charge is -2.37. The first-order valence-electron chi connectivity index (χ1n) is 12.8. The van der Waals surface area contributed by atoms with E-state index >= 15 is 0 Å². The van der Waals surface area contributed by atoms with E-state index in [1.807, 2.05) is 12.1 Å². The summed E-state index contributed by atoms with van der Waals surface area (Å²) in [5.74, 6) is 0.529. The first-order valence-corrected chi connectivity index (χ1v) is 12.8. The molecule has 194 valence electrons. The first-order chi connectivity index (χ1) is 16.9. The highest BCUT2D eigenvalue weighted by molar-refractivity contribution is 5.86. The summed E-state index contributed by atoms with van der Waals surface area (Å²) < 4.78 is 5.08. The van der Waals surface area contributed by atoms with E-state index in [1.165, 1.54) is 18.1 Å². The number of hydrogen-bond acceptors (Lipinski definition) is 6. The van der Waals surface area contributed by atoms with Crippen molar-refractivity contribution in [3.05, 3.63) is 47.8 Å². The lowest BCUT2D eigenvalue weighted by atomic mass is 9.95. The van der Waals surface area contributed by atoms with Crippen molar-refractivity contribution in [3.8, 4) is 0 Å². The van der Waals surface area contributed by atoms with Gasteiger partial charge in [-0.25, -0.2) is 10.3 Å². The van der Waals surface area contributed by atoms with Gasteiger partial charge in [0.25, 0.3) is 0 Å². The number of carbonyl (C=O) groups excluding carboxylic acids is 2. The molecule has 2 aromatic rings. The number of hydrogen-bond donors (Lipinski definition) is 2. The number of H-pyrrole nitrogens is 1. The van der Waals surface area contributed by atoms with Gasteiger partial charge in [-0.3, -0.25) is 0 Å². The molecule has 3 rings (SSSR count). The number of esters is 1. The lowest BCUT2D eigenvalue weighted by Crippen LogP contribution is -2.45. The van der Waals surface area contributed by atoms with Crippen LogP contribution in [0.3, 0.4) is 0 Å². The molecule has 0 saturated carbocycles. The molecular weight excluding hydrogens is 442 g/mol. The van der Waals surface area contributed by atoms with Crippen LogP contribution in [-0.2, 0) is 32.1 Å². The molecule has 0 bridgehead atoms. The van der Waals surface area contributed by atoms with Crippen LogP contribution in [0.25, 0.3) is 10.9 Å². The number of methoxy groups -OCH3 is 1.